The molecule has 6 heteroatoms. The van der Waals surface area contributed by atoms with E-state index in [0.29, 0.717) is 24.6 Å². The molecule has 0 bridgehead atoms. The monoisotopic (exact) mass is 616 g/mol. The minimum absolute atomic E-state index is 0.0647. The van der Waals surface area contributed by atoms with Crippen molar-refractivity contribution in [3.8, 4) is 11.5 Å². The van der Waals surface area contributed by atoms with E-state index in [4.69, 9.17) is 0 Å². The lowest BCUT2D eigenvalue weighted by atomic mass is 9.84. The Labute approximate surface area is 274 Å². The van der Waals surface area contributed by atoms with Gasteiger partial charge in [-0.1, -0.05) is 90.1 Å². The van der Waals surface area contributed by atoms with Crippen LogP contribution in [0.1, 0.15) is 74.9 Å². The van der Waals surface area contributed by atoms with Crippen LogP contribution in [0.5, 0.6) is 11.5 Å². The Morgan fingerprint density at radius 3 is 1.24 bits per heavy atom. The molecule has 240 valence electrons. The van der Waals surface area contributed by atoms with E-state index < -0.39 is 0 Å². The van der Waals surface area contributed by atoms with Gasteiger partial charge in [-0.3, -0.25) is 19.8 Å². The Morgan fingerprint density at radius 2 is 0.913 bits per heavy atom. The number of para-hydroxylation sites is 2. The Morgan fingerprint density at radius 1 is 0.565 bits per heavy atom. The summed E-state index contributed by atoms with van der Waals surface area (Å²) in [5.74, 6) is 0.590. The molecule has 4 aromatic carbocycles. The number of hydrogen-bond donors (Lipinski definition) is 2. The number of piperazine rings is 1. The van der Waals surface area contributed by atoms with Crippen LogP contribution in [0.2, 0.25) is 0 Å². The quantitative estimate of drug-likeness (QED) is 0.195. The van der Waals surface area contributed by atoms with Crippen LogP contribution in [0.25, 0.3) is 0 Å². The maximum atomic E-state index is 11.3. The summed E-state index contributed by atoms with van der Waals surface area (Å²) in [5.41, 5.74) is 7.27. The lowest BCUT2D eigenvalue weighted by Crippen LogP contribution is -2.45. The first-order chi connectivity index (χ1) is 21.9. The van der Waals surface area contributed by atoms with E-state index in [1.54, 1.807) is 12.4 Å². The van der Waals surface area contributed by atoms with Gasteiger partial charge in [-0.2, -0.15) is 0 Å². The Bertz CT molecular complexity index is 1550. The number of rotatable bonds is 8. The average molecular weight is 617 g/mol. The van der Waals surface area contributed by atoms with Gasteiger partial charge in [0, 0.05) is 74.0 Å². The molecule has 0 aromatic heterocycles. The summed E-state index contributed by atoms with van der Waals surface area (Å²) >= 11 is 0. The third kappa shape index (κ3) is 8.51. The molecule has 1 saturated heterocycles. The molecule has 1 aliphatic heterocycles. The van der Waals surface area contributed by atoms with Crippen molar-refractivity contribution >= 4 is 23.8 Å². The number of hydrogen-bond acceptors (Lipinski definition) is 6. The number of phenols is 2. The van der Waals surface area contributed by atoms with Gasteiger partial charge in [0.05, 0.1) is 11.4 Å². The lowest BCUT2D eigenvalue weighted by molar-refractivity contribution is 0.120. The summed E-state index contributed by atoms with van der Waals surface area (Å²) < 4.78 is 0. The van der Waals surface area contributed by atoms with Gasteiger partial charge in [0.1, 0.15) is 11.5 Å². The maximum Gasteiger partial charge on any atom is 0.128 e. The number of aliphatic imine (C=N–C) groups is 2. The van der Waals surface area contributed by atoms with Crippen molar-refractivity contribution in [2.75, 3.05) is 26.2 Å². The summed E-state index contributed by atoms with van der Waals surface area (Å²) in [4.78, 5) is 14.1. The van der Waals surface area contributed by atoms with Crippen LogP contribution in [0, 0.1) is 0 Å². The zero-order chi connectivity index (χ0) is 32.9. The number of phenolic OH excluding ortho intramolecular Hbond substituents is 2. The second-order valence-corrected chi connectivity index (χ2v) is 14.4. The third-order valence-corrected chi connectivity index (χ3v) is 8.64. The van der Waals surface area contributed by atoms with Crippen molar-refractivity contribution in [1.82, 2.24) is 9.80 Å². The molecule has 2 N–H and O–H groups in total. The highest BCUT2D eigenvalue weighted by Crippen LogP contribution is 2.34. The van der Waals surface area contributed by atoms with E-state index in [2.05, 4.69) is 85.6 Å². The number of benzene rings is 4. The molecule has 5 rings (SSSR count). The van der Waals surface area contributed by atoms with Gasteiger partial charge in [0.15, 0.2) is 0 Å². The Kier molecular flexibility index (Phi) is 10.1. The Hall–Kier alpha value is -4.26. The highest BCUT2D eigenvalue weighted by atomic mass is 16.3. The van der Waals surface area contributed by atoms with Gasteiger partial charge >= 0.3 is 0 Å². The van der Waals surface area contributed by atoms with E-state index in [9.17, 15) is 10.2 Å². The predicted octanol–water partition coefficient (Wildman–Crippen LogP) is 8.51. The largest absolute Gasteiger partial charge is 0.507 e. The van der Waals surface area contributed by atoms with Crippen molar-refractivity contribution < 1.29 is 10.2 Å². The van der Waals surface area contributed by atoms with Crippen LogP contribution in [-0.2, 0) is 23.9 Å². The van der Waals surface area contributed by atoms with Gasteiger partial charge < -0.3 is 10.2 Å². The lowest BCUT2D eigenvalue weighted by Gasteiger charge is -2.35. The maximum absolute atomic E-state index is 11.3. The fourth-order valence-corrected chi connectivity index (χ4v) is 5.65. The van der Waals surface area contributed by atoms with Crippen molar-refractivity contribution in [3.05, 3.63) is 118 Å². The van der Waals surface area contributed by atoms with Crippen LogP contribution in [0.15, 0.2) is 94.9 Å². The van der Waals surface area contributed by atoms with E-state index in [1.165, 1.54) is 11.1 Å². The fourth-order valence-electron chi connectivity index (χ4n) is 5.65. The zero-order valence-corrected chi connectivity index (χ0v) is 28.2. The molecule has 46 heavy (non-hydrogen) atoms. The fraction of sp³-hybridized carbons (Fsp3) is 0.350. The zero-order valence-electron chi connectivity index (χ0n) is 28.2. The first-order valence-corrected chi connectivity index (χ1v) is 16.2. The van der Waals surface area contributed by atoms with Crippen LogP contribution in [0.3, 0.4) is 0 Å². The van der Waals surface area contributed by atoms with Crippen LogP contribution >= 0.6 is 0 Å². The average Bonchev–Trinajstić information content (AvgIpc) is 3.02. The Balaban J connectivity index is 1.30. The molecule has 4 aromatic rings. The predicted molar refractivity (Wildman–Crippen MR) is 192 cm³/mol. The number of aromatic hydroxyl groups is 2. The highest BCUT2D eigenvalue weighted by Gasteiger charge is 2.24. The van der Waals surface area contributed by atoms with E-state index in [0.717, 1.165) is 59.8 Å². The van der Waals surface area contributed by atoms with Crippen molar-refractivity contribution in [2.24, 2.45) is 9.98 Å². The standard InChI is InChI=1S/C40H48N4O2/c1-39(2,3)33-21-29(25-41-35-13-9-7-10-14-35)37(45)31(23-33)27-43-17-19-44(20-18-43)28-32-24-34(40(4,5)6)22-30(38(32)46)26-42-36-15-11-8-12-16-36/h7-16,21-26,45-46H,17-20,27-28H2,1-6H3. The summed E-state index contributed by atoms with van der Waals surface area (Å²) in [6.45, 7) is 18.0. The first kappa shape index (κ1) is 33.1. The molecule has 0 aliphatic carbocycles. The minimum atomic E-state index is -0.0647. The van der Waals surface area contributed by atoms with Gasteiger partial charge in [0.25, 0.3) is 0 Å². The molecule has 0 unspecified atom stereocenters. The topological polar surface area (TPSA) is 71.7 Å². The molecule has 0 radical (unpaired) electrons. The smallest absolute Gasteiger partial charge is 0.128 e. The number of nitrogens with zero attached hydrogens (tertiary/aromatic N) is 4. The van der Waals surface area contributed by atoms with Crippen LogP contribution in [-0.4, -0.2) is 58.6 Å². The van der Waals surface area contributed by atoms with E-state index in [-0.39, 0.29) is 10.8 Å². The highest BCUT2D eigenvalue weighted by molar-refractivity contribution is 5.87. The summed E-state index contributed by atoms with van der Waals surface area (Å²) in [6, 6.07) is 28.0. The molecule has 1 fully saturated rings. The molecule has 0 spiro atoms. The summed E-state index contributed by atoms with van der Waals surface area (Å²) in [5, 5.41) is 22.7. The van der Waals surface area contributed by atoms with Crippen LogP contribution in [0.4, 0.5) is 11.4 Å². The molecular weight excluding hydrogens is 568 g/mol. The van der Waals surface area contributed by atoms with Crippen LogP contribution < -0.4 is 0 Å². The van der Waals surface area contributed by atoms with Gasteiger partial charge in [0.2, 0.25) is 0 Å². The van der Waals surface area contributed by atoms with Crippen molar-refractivity contribution in [1.29, 1.82) is 0 Å². The molecule has 6 nitrogen and oxygen atoms in total. The van der Waals surface area contributed by atoms with Gasteiger partial charge in [-0.15, -0.1) is 0 Å². The second kappa shape index (κ2) is 14.0. The van der Waals surface area contributed by atoms with Crippen molar-refractivity contribution in [3.63, 3.8) is 0 Å². The normalized spacial score (nSPS) is 15.3. The second-order valence-electron chi connectivity index (χ2n) is 14.4. The summed E-state index contributed by atoms with van der Waals surface area (Å²) in [7, 11) is 0. The molecular formula is C40H48N4O2. The van der Waals surface area contributed by atoms with E-state index >= 15 is 0 Å². The molecule has 0 amide bonds. The molecule has 0 atom stereocenters. The first-order valence-electron chi connectivity index (χ1n) is 16.2. The summed E-state index contributed by atoms with van der Waals surface area (Å²) in [6.07, 6.45) is 3.55. The minimum Gasteiger partial charge on any atom is -0.507 e. The van der Waals surface area contributed by atoms with E-state index in [1.807, 2.05) is 60.7 Å². The van der Waals surface area contributed by atoms with Gasteiger partial charge in [-0.05, 0) is 58.4 Å². The van der Waals surface area contributed by atoms with Gasteiger partial charge in [-0.25, -0.2) is 0 Å². The third-order valence-electron chi connectivity index (χ3n) is 8.64. The SMILES string of the molecule is CC(C)(C)c1cc(C=Nc2ccccc2)c(O)c(CN2CCN(Cc3cc(C(C)(C)C)cc(C=Nc4ccccc4)c3O)CC2)c1. The molecule has 0 saturated carbocycles. The van der Waals surface area contributed by atoms with Crippen molar-refractivity contribution in [2.45, 2.75) is 65.5 Å². The molecule has 1 heterocycles. The molecule has 1 aliphatic rings.